The third-order valence-electron chi connectivity index (χ3n) is 7.48. The van der Waals surface area contributed by atoms with Gasteiger partial charge in [0.25, 0.3) is 5.69 Å². The second-order valence-electron chi connectivity index (χ2n) is 8.92. The van der Waals surface area contributed by atoms with Crippen molar-refractivity contribution in [2.24, 2.45) is 11.8 Å². The Morgan fingerprint density at radius 2 is 2.21 bits per heavy atom. The molecule has 0 amide bonds. The van der Waals surface area contributed by atoms with Crippen molar-refractivity contribution in [3.05, 3.63) is 45.7 Å². The Labute approximate surface area is 166 Å². The van der Waals surface area contributed by atoms with Crippen LogP contribution in [0, 0.1) is 22.0 Å². The summed E-state index contributed by atoms with van der Waals surface area (Å²) in [7, 11) is 0. The molecule has 6 rings (SSSR count). The number of rotatable bonds is 2. The summed E-state index contributed by atoms with van der Waals surface area (Å²) in [5.74, 6) is -0.162. The van der Waals surface area contributed by atoms with E-state index >= 15 is 0 Å². The highest BCUT2D eigenvalue weighted by Crippen LogP contribution is 2.62. The Balaban J connectivity index is 1.42. The average molecular weight is 395 g/mol. The summed E-state index contributed by atoms with van der Waals surface area (Å²) < 4.78 is 13.7. The molecular weight excluding hydrogens is 374 g/mol. The maximum Gasteiger partial charge on any atom is 0.331 e. The number of nitro groups is 1. The standard InChI is InChI=1S/C21H21N3O5/c1-10-3-5-13-18(23-15-6-4-12(24(26)27)7-11(15)9-22-23)20(25)28-19(13)17-14(10)8-16-21(17,2)29-16/h4,6-7,9,13,16-19H,3,5,8H2,1-2H3/t13-,16+,17?,18-,19-,21+/m0/s1. The van der Waals surface area contributed by atoms with E-state index in [1.165, 1.54) is 23.3 Å². The molecule has 2 aliphatic carbocycles. The molecule has 0 N–H and O–H groups in total. The molecule has 2 aromatic rings. The van der Waals surface area contributed by atoms with E-state index < -0.39 is 11.0 Å². The van der Waals surface area contributed by atoms with Gasteiger partial charge < -0.3 is 9.47 Å². The minimum atomic E-state index is -0.521. The zero-order valence-corrected chi connectivity index (χ0v) is 16.2. The molecule has 1 saturated carbocycles. The number of non-ortho nitro benzene ring substituents is 1. The molecule has 3 heterocycles. The first-order valence-corrected chi connectivity index (χ1v) is 10.1. The van der Waals surface area contributed by atoms with Crippen LogP contribution < -0.4 is 0 Å². The molecule has 4 aliphatic rings. The second kappa shape index (κ2) is 5.44. The summed E-state index contributed by atoms with van der Waals surface area (Å²) in [5.41, 5.74) is 3.30. The number of ether oxygens (including phenoxy) is 2. The van der Waals surface area contributed by atoms with Crippen molar-refractivity contribution in [2.45, 2.75) is 57.0 Å². The first-order valence-electron chi connectivity index (χ1n) is 10.1. The molecule has 6 atom stereocenters. The average Bonchev–Trinajstić information content (AvgIpc) is 2.97. The van der Waals surface area contributed by atoms with Crippen molar-refractivity contribution in [1.82, 2.24) is 9.78 Å². The van der Waals surface area contributed by atoms with Crippen molar-refractivity contribution >= 4 is 22.6 Å². The molecular formula is C21H21N3O5. The zero-order chi connectivity index (χ0) is 20.1. The Bertz CT molecular complexity index is 1120. The number of allylic oxidation sites excluding steroid dienone is 1. The SMILES string of the molecule is CC1=C2C[C@H]3O[C@@]3(C)C2[C@H]2OC(=O)[C@@H](n3ncc4cc([N+](=O)[O-])ccc43)[C@@H]2CC1. The van der Waals surface area contributed by atoms with Crippen molar-refractivity contribution < 1.29 is 19.2 Å². The molecule has 8 heteroatoms. The highest BCUT2D eigenvalue weighted by Gasteiger charge is 2.69. The van der Waals surface area contributed by atoms with Crippen LogP contribution in [0.15, 0.2) is 35.5 Å². The first-order chi connectivity index (χ1) is 13.9. The number of hydrogen-bond acceptors (Lipinski definition) is 6. The quantitative estimate of drug-likeness (QED) is 0.254. The Morgan fingerprint density at radius 3 is 3.00 bits per heavy atom. The molecule has 0 radical (unpaired) electrons. The van der Waals surface area contributed by atoms with Crippen molar-refractivity contribution in [3.8, 4) is 0 Å². The Kier molecular flexibility index (Phi) is 3.22. The summed E-state index contributed by atoms with van der Waals surface area (Å²) in [5, 5.41) is 16.2. The molecule has 0 bridgehead atoms. The predicted molar refractivity (Wildman–Crippen MR) is 102 cm³/mol. The van der Waals surface area contributed by atoms with Gasteiger partial charge in [-0.3, -0.25) is 14.8 Å². The normalized spacial score (nSPS) is 37.7. The minimum absolute atomic E-state index is 0.00184. The summed E-state index contributed by atoms with van der Waals surface area (Å²) in [6, 6.07) is 4.10. The van der Waals surface area contributed by atoms with E-state index in [2.05, 4.69) is 18.9 Å². The van der Waals surface area contributed by atoms with Crippen molar-refractivity contribution in [3.63, 3.8) is 0 Å². The highest BCUT2D eigenvalue weighted by molar-refractivity contribution is 5.85. The van der Waals surface area contributed by atoms with Crippen LogP contribution in [0.1, 0.15) is 39.2 Å². The smallest absolute Gasteiger partial charge is 0.331 e. The second-order valence-corrected chi connectivity index (χ2v) is 8.92. The first kappa shape index (κ1) is 17.1. The van der Waals surface area contributed by atoms with Gasteiger partial charge in [0, 0.05) is 29.4 Å². The molecule has 8 nitrogen and oxygen atoms in total. The van der Waals surface area contributed by atoms with Crippen LogP contribution in [0.5, 0.6) is 0 Å². The third-order valence-corrected chi connectivity index (χ3v) is 7.48. The van der Waals surface area contributed by atoms with Gasteiger partial charge in [-0.15, -0.1) is 0 Å². The molecule has 2 aliphatic heterocycles. The van der Waals surface area contributed by atoms with Gasteiger partial charge in [-0.25, -0.2) is 4.79 Å². The number of fused-ring (bicyclic) bond motifs is 6. The number of nitrogens with zero attached hydrogens (tertiary/aromatic N) is 3. The minimum Gasteiger partial charge on any atom is -0.460 e. The van der Waals surface area contributed by atoms with Gasteiger partial charge in [0.1, 0.15) is 11.7 Å². The molecule has 2 saturated heterocycles. The van der Waals surface area contributed by atoms with E-state index in [0.717, 1.165) is 19.3 Å². The summed E-state index contributed by atoms with van der Waals surface area (Å²) in [6.45, 7) is 4.32. The van der Waals surface area contributed by atoms with Gasteiger partial charge in [0.15, 0.2) is 6.04 Å². The van der Waals surface area contributed by atoms with Gasteiger partial charge in [-0.2, -0.15) is 5.10 Å². The van der Waals surface area contributed by atoms with Crippen LogP contribution in [-0.2, 0) is 14.3 Å². The number of nitro benzene ring substituents is 1. The topological polar surface area (TPSA) is 99.8 Å². The fraction of sp³-hybridized carbons (Fsp3) is 0.524. The van der Waals surface area contributed by atoms with Gasteiger partial charge >= 0.3 is 5.97 Å². The summed E-state index contributed by atoms with van der Waals surface area (Å²) in [6.07, 6.45) is 4.34. The van der Waals surface area contributed by atoms with E-state index in [-0.39, 0.29) is 41.3 Å². The Morgan fingerprint density at radius 1 is 1.38 bits per heavy atom. The number of carbonyl (C=O) groups excluding carboxylic acids is 1. The number of benzene rings is 1. The van der Waals surface area contributed by atoms with Crippen molar-refractivity contribution in [2.75, 3.05) is 0 Å². The van der Waals surface area contributed by atoms with Crippen LogP contribution in [0.3, 0.4) is 0 Å². The monoisotopic (exact) mass is 395 g/mol. The van der Waals surface area contributed by atoms with E-state index in [4.69, 9.17) is 9.47 Å². The zero-order valence-electron chi connectivity index (χ0n) is 16.2. The molecule has 1 aromatic heterocycles. The molecule has 0 spiro atoms. The third kappa shape index (κ3) is 2.18. The summed E-state index contributed by atoms with van der Waals surface area (Å²) in [4.78, 5) is 23.7. The maximum atomic E-state index is 13.0. The number of epoxide rings is 1. The highest BCUT2D eigenvalue weighted by atomic mass is 16.6. The van der Waals surface area contributed by atoms with Crippen LogP contribution in [-0.4, -0.2) is 38.5 Å². The lowest BCUT2D eigenvalue weighted by Crippen LogP contribution is -2.36. The fourth-order valence-corrected chi connectivity index (χ4v) is 5.91. The maximum absolute atomic E-state index is 13.0. The van der Waals surface area contributed by atoms with E-state index in [0.29, 0.717) is 10.9 Å². The predicted octanol–water partition coefficient (Wildman–Crippen LogP) is 3.31. The van der Waals surface area contributed by atoms with Crippen molar-refractivity contribution in [1.29, 1.82) is 0 Å². The number of hydrogen-bond donors (Lipinski definition) is 0. The molecule has 3 fully saturated rings. The lowest BCUT2D eigenvalue weighted by Gasteiger charge is -2.28. The van der Waals surface area contributed by atoms with Gasteiger partial charge in [-0.1, -0.05) is 11.1 Å². The van der Waals surface area contributed by atoms with Crippen LogP contribution in [0.2, 0.25) is 0 Å². The van der Waals surface area contributed by atoms with Gasteiger partial charge in [0.2, 0.25) is 0 Å². The number of esters is 1. The Hall–Kier alpha value is -2.74. The molecule has 150 valence electrons. The molecule has 29 heavy (non-hydrogen) atoms. The van der Waals surface area contributed by atoms with E-state index in [9.17, 15) is 14.9 Å². The van der Waals surface area contributed by atoms with E-state index in [1.807, 2.05) is 0 Å². The largest absolute Gasteiger partial charge is 0.460 e. The van der Waals surface area contributed by atoms with Gasteiger partial charge in [-0.05, 0) is 39.2 Å². The van der Waals surface area contributed by atoms with Crippen LogP contribution in [0.25, 0.3) is 10.9 Å². The lowest BCUT2D eigenvalue weighted by molar-refractivity contribution is -0.384. The fourth-order valence-electron chi connectivity index (χ4n) is 5.91. The number of carbonyl (C=O) groups is 1. The van der Waals surface area contributed by atoms with Gasteiger partial charge in [0.05, 0.1) is 22.7 Å². The number of aromatic nitrogens is 2. The summed E-state index contributed by atoms with van der Waals surface area (Å²) >= 11 is 0. The lowest BCUT2D eigenvalue weighted by atomic mass is 9.80. The molecule has 1 aromatic carbocycles. The molecule has 1 unspecified atom stereocenters. The van der Waals surface area contributed by atoms with E-state index in [1.54, 1.807) is 16.9 Å². The van der Waals surface area contributed by atoms with Crippen LogP contribution >= 0.6 is 0 Å². The van der Waals surface area contributed by atoms with Crippen LogP contribution in [0.4, 0.5) is 5.69 Å².